The molecule has 1 aromatic carbocycles. The Bertz CT molecular complexity index is 865. The fourth-order valence-corrected chi connectivity index (χ4v) is 4.29. The van der Waals surface area contributed by atoms with Crippen LogP contribution in [0.25, 0.3) is 10.6 Å². The summed E-state index contributed by atoms with van der Waals surface area (Å²) in [6, 6.07) is 8.80. The van der Waals surface area contributed by atoms with Gasteiger partial charge in [-0.25, -0.2) is 4.98 Å². The third kappa shape index (κ3) is 5.03. The average molecular weight is 413 g/mol. The SMILES string of the molecule is CC(C)c1ccc(-c2nc(C(=O)N3CCN(CC(=O)NC4CC4)CC3)cs2)cc1. The van der Waals surface area contributed by atoms with E-state index in [1.807, 2.05) is 10.3 Å². The summed E-state index contributed by atoms with van der Waals surface area (Å²) in [5.74, 6) is 0.573. The summed E-state index contributed by atoms with van der Waals surface area (Å²) >= 11 is 1.51. The number of aromatic nitrogens is 1. The Labute approximate surface area is 175 Å². The van der Waals surface area contributed by atoms with Crippen LogP contribution in [0.3, 0.4) is 0 Å². The number of carbonyl (C=O) groups excluding carboxylic acids is 2. The number of benzene rings is 1. The first-order valence-corrected chi connectivity index (χ1v) is 11.2. The molecule has 1 aromatic heterocycles. The highest BCUT2D eigenvalue weighted by Crippen LogP contribution is 2.26. The molecular formula is C22H28N4O2S. The highest BCUT2D eigenvalue weighted by molar-refractivity contribution is 7.13. The van der Waals surface area contributed by atoms with Crippen molar-refractivity contribution in [1.82, 2.24) is 20.1 Å². The molecule has 6 nitrogen and oxygen atoms in total. The lowest BCUT2D eigenvalue weighted by Gasteiger charge is -2.33. The molecule has 2 aromatic rings. The van der Waals surface area contributed by atoms with E-state index in [-0.39, 0.29) is 11.8 Å². The van der Waals surface area contributed by atoms with Crippen LogP contribution in [0.15, 0.2) is 29.6 Å². The first-order chi connectivity index (χ1) is 14.0. The molecule has 7 heteroatoms. The molecule has 1 N–H and O–H groups in total. The lowest BCUT2D eigenvalue weighted by atomic mass is 10.0. The first kappa shape index (κ1) is 20.0. The quantitative estimate of drug-likeness (QED) is 0.792. The van der Waals surface area contributed by atoms with E-state index in [1.54, 1.807) is 0 Å². The second-order valence-electron chi connectivity index (χ2n) is 8.22. The number of nitrogens with one attached hydrogen (secondary N) is 1. The number of hydrogen-bond donors (Lipinski definition) is 1. The van der Waals surface area contributed by atoms with E-state index in [2.05, 4.69) is 53.3 Å². The standard InChI is InChI=1S/C22H28N4O2S/c1-15(2)16-3-5-17(6-4-16)21-24-19(14-29-21)22(28)26-11-9-25(10-12-26)13-20(27)23-18-7-8-18/h3-6,14-15,18H,7-13H2,1-2H3,(H,23,27). The molecule has 2 heterocycles. The molecule has 0 spiro atoms. The highest BCUT2D eigenvalue weighted by Gasteiger charge is 2.27. The Morgan fingerprint density at radius 2 is 1.83 bits per heavy atom. The van der Waals surface area contributed by atoms with Crippen LogP contribution >= 0.6 is 11.3 Å². The molecule has 0 unspecified atom stereocenters. The van der Waals surface area contributed by atoms with E-state index < -0.39 is 0 Å². The minimum atomic E-state index is -0.0200. The van der Waals surface area contributed by atoms with E-state index in [1.165, 1.54) is 16.9 Å². The van der Waals surface area contributed by atoms with E-state index in [0.717, 1.165) is 36.5 Å². The second kappa shape index (κ2) is 8.63. The van der Waals surface area contributed by atoms with Crippen LogP contribution in [0.1, 0.15) is 48.7 Å². The Kier molecular flexibility index (Phi) is 5.96. The summed E-state index contributed by atoms with van der Waals surface area (Å²) in [7, 11) is 0. The monoisotopic (exact) mass is 412 g/mol. The smallest absolute Gasteiger partial charge is 0.273 e. The maximum Gasteiger partial charge on any atom is 0.273 e. The van der Waals surface area contributed by atoms with Gasteiger partial charge in [-0.15, -0.1) is 11.3 Å². The van der Waals surface area contributed by atoms with Crippen LogP contribution in [0, 0.1) is 0 Å². The van der Waals surface area contributed by atoms with Crippen molar-refractivity contribution in [2.24, 2.45) is 0 Å². The molecule has 0 bridgehead atoms. The van der Waals surface area contributed by atoms with Crippen LogP contribution in [-0.4, -0.2) is 65.4 Å². The van der Waals surface area contributed by atoms with E-state index in [4.69, 9.17) is 0 Å². The van der Waals surface area contributed by atoms with E-state index >= 15 is 0 Å². The Balaban J connectivity index is 1.31. The Morgan fingerprint density at radius 1 is 1.14 bits per heavy atom. The molecule has 2 fully saturated rings. The lowest BCUT2D eigenvalue weighted by molar-refractivity contribution is -0.122. The van der Waals surface area contributed by atoms with Gasteiger partial charge in [0.25, 0.3) is 5.91 Å². The van der Waals surface area contributed by atoms with Gasteiger partial charge in [-0.2, -0.15) is 0 Å². The molecule has 2 aliphatic rings. The molecule has 1 aliphatic heterocycles. The second-order valence-corrected chi connectivity index (χ2v) is 9.08. The molecule has 1 saturated heterocycles. The Hall–Kier alpha value is -2.25. The van der Waals surface area contributed by atoms with Crippen LogP contribution in [0.5, 0.6) is 0 Å². The zero-order chi connectivity index (χ0) is 20.4. The third-order valence-corrected chi connectivity index (χ3v) is 6.41. The molecule has 1 aliphatic carbocycles. The summed E-state index contributed by atoms with van der Waals surface area (Å²) in [6.45, 7) is 7.47. The molecule has 154 valence electrons. The van der Waals surface area contributed by atoms with Crippen molar-refractivity contribution in [2.75, 3.05) is 32.7 Å². The maximum absolute atomic E-state index is 12.8. The topological polar surface area (TPSA) is 65.5 Å². The largest absolute Gasteiger partial charge is 0.352 e. The van der Waals surface area contributed by atoms with Gasteiger partial charge >= 0.3 is 0 Å². The number of carbonyl (C=O) groups is 2. The molecule has 29 heavy (non-hydrogen) atoms. The summed E-state index contributed by atoms with van der Waals surface area (Å²) in [5.41, 5.74) is 2.85. The van der Waals surface area contributed by atoms with Crippen molar-refractivity contribution in [2.45, 2.75) is 38.6 Å². The van der Waals surface area contributed by atoms with Crippen molar-refractivity contribution in [3.63, 3.8) is 0 Å². The minimum absolute atomic E-state index is 0.0200. The summed E-state index contributed by atoms with van der Waals surface area (Å²) in [6.07, 6.45) is 2.21. The fourth-order valence-electron chi connectivity index (χ4n) is 3.49. The fraction of sp³-hybridized carbons (Fsp3) is 0.500. The number of hydrogen-bond acceptors (Lipinski definition) is 5. The van der Waals surface area contributed by atoms with Crippen molar-refractivity contribution >= 4 is 23.2 Å². The molecule has 0 radical (unpaired) electrons. The predicted octanol–water partition coefficient (Wildman–Crippen LogP) is 2.97. The van der Waals surface area contributed by atoms with Crippen LogP contribution in [-0.2, 0) is 4.79 Å². The number of rotatable bonds is 6. The van der Waals surface area contributed by atoms with Crippen LogP contribution in [0.2, 0.25) is 0 Å². The van der Waals surface area contributed by atoms with Gasteiger partial charge in [0.05, 0.1) is 6.54 Å². The van der Waals surface area contributed by atoms with Gasteiger partial charge in [0, 0.05) is 43.2 Å². The molecule has 0 atom stereocenters. The summed E-state index contributed by atoms with van der Waals surface area (Å²) < 4.78 is 0. The van der Waals surface area contributed by atoms with E-state index in [0.29, 0.717) is 37.3 Å². The van der Waals surface area contributed by atoms with Crippen molar-refractivity contribution in [3.8, 4) is 10.6 Å². The third-order valence-electron chi connectivity index (χ3n) is 5.52. The minimum Gasteiger partial charge on any atom is -0.352 e. The maximum atomic E-state index is 12.8. The van der Waals surface area contributed by atoms with E-state index in [9.17, 15) is 9.59 Å². The predicted molar refractivity (Wildman–Crippen MR) is 115 cm³/mol. The zero-order valence-corrected chi connectivity index (χ0v) is 17.9. The van der Waals surface area contributed by atoms with Gasteiger partial charge in [0.2, 0.25) is 5.91 Å². The normalized spacial score (nSPS) is 17.6. The summed E-state index contributed by atoms with van der Waals surface area (Å²) in [4.78, 5) is 33.3. The summed E-state index contributed by atoms with van der Waals surface area (Å²) in [5, 5.41) is 5.74. The van der Waals surface area contributed by atoms with Gasteiger partial charge in [0.15, 0.2) is 0 Å². The molecule has 1 saturated carbocycles. The number of thiazole rings is 1. The Morgan fingerprint density at radius 3 is 2.45 bits per heavy atom. The average Bonchev–Trinajstić information content (AvgIpc) is 3.39. The molecule has 4 rings (SSSR count). The number of piperazine rings is 1. The van der Waals surface area contributed by atoms with Crippen molar-refractivity contribution in [1.29, 1.82) is 0 Å². The number of nitrogens with zero attached hydrogens (tertiary/aromatic N) is 3. The molecular weight excluding hydrogens is 384 g/mol. The van der Waals surface area contributed by atoms with Gasteiger partial charge in [-0.1, -0.05) is 38.1 Å². The first-order valence-electron chi connectivity index (χ1n) is 10.4. The molecule has 2 amide bonds. The van der Waals surface area contributed by atoms with Crippen LogP contribution in [0.4, 0.5) is 0 Å². The van der Waals surface area contributed by atoms with Gasteiger partial charge in [-0.3, -0.25) is 14.5 Å². The highest BCUT2D eigenvalue weighted by atomic mass is 32.1. The van der Waals surface area contributed by atoms with Gasteiger partial charge in [0.1, 0.15) is 10.7 Å². The zero-order valence-electron chi connectivity index (χ0n) is 17.1. The van der Waals surface area contributed by atoms with Gasteiger partial charge < -0.3 is 10.2 Å². The van der Waals surface area contributed by atoms with Crippen molar-refractivity contribution in [3.05, 3.63) is 40.9 Å². The number of amides is 2. The van der Waals surface area contributed by atoms with Crippen molar-refractivity contribution < 1.29 is 9.59 Å². The van der Waals surface area contributed by atoms with Gasteiger partial charge in [-0.05, 0) is 24.3 Å². The lowest BCUT2D eigenvalue weighted by Crippen LogP contribution is -2.51. The van der Waals surface area contributed by atoms with Crippen LogP contribution < -0.4 is 5.32 Å².